The Labute approximate surface area is 79.8 Å². The molecule has 0 unspecified atom stereocenters. The lowest BCUT2D eigenvalue weighted by Gasteiger charge is -2.30. The van der Waals surface area contributed by atoms with Gasteiger partial charge in [-0.25, -0.2) is 0 Å². The summed E-state index contributed by atoms with van der Waals surface area (Å²) < 4.78 is 0. The van der Waals surface area contributed by atoms with Crippen LogP contribution >= 0.6 is 0 Å². The second-order valence-corrected chi connectivity index (χ2v) is 3.36. The Hall–Kier alpha value is -0.570. The van der Waals surface area contributed by atoms with Gasteiger partial charge in [-0.15, -0.1) is 0 Å². The minimum Gasteiger partial charge on any atom is -0.481 e. The van der Waals surface area contributed by atoms with E-state index in [9.17, 15) is 9.90 Å². The average Bonchev–Trinajstić information content (AvgIpc) is 2.07. The molecule has 1 fully saturated rings. The van der Waals surface area contributed by atoms with Crippen LogP contribution in [0, 0.1) is 0 Å². The van der Waals surface area contributed by atoms with Crippen molar-refractivity contribution in [3.05, 3.63) is 0 Å². The molecule has 2 N–H and O–H groups in total. The van der Waals surface area contributed by atoms with Crippen molar-refractivity contribution in [1.82, 2.24) is 0 Å². The molecule has 1 rings (SSSR count). The van der Waals surface area contributed by atoms with Crippen molar-refractivity contribution in [3.63, 3.8) is 0 Å². The van der Waals surface area contributed by atoms with Gasteiger partial charge < -0.3 is 10.2 Å². The van der Waals surface area contributed by atoms with Crippen LogP contribution in [0.1, 0.15) is 52.4 Å². The number of carboxylic acid groups (broad SMARTS) is 1. The second-order valence-electron chi connectivity index (χ2n) is 3.36. The first kappa shape index (κ1) is 12.4. The fourth-order valence-corrected chi connectivity index (χ4v) is 1.67. The summed E-state index contributed by atoms with van der Waals surface area (Å²) in [6.45, 7) is 4.00. The minimum absolute atomic E-state index is 0.0903. The van der Waals surface area contributed by atoms with Crippen molar-refractivity contribution >= 4 is 5.97 Å². The van der Waals surface area contributed by atoms with Crippen LogP contribution in [-0.2, 0) is 4.79 Å². The van der Waals surface area contributed by atoms with Crippen molar-refractivity contribution in [3.8, 4) is 0 Å². The monoisotopic (exact) mass is 188 g/mol. The minimum atomic E-state index is -0.899. The van der Waals surface area contributed by atoms with Crippen molar-refractivity contribution in [2.75, 3.05) is 0 Å². The van der Waals surface area contributed by atoms with Gasteiger partial charge in [0.05, 0.1) is 12.0 Å². The number of aliphatic carboxylic acids is 1. The van der Waals surface area contributed by atoms with E-state index in [0.29, 0.717) is 12.8 Å². The summed E-state index contributed by atoms with van der Waals surface area (Å²) in [4.78, 5) is 10.3. The van der Waals surface area contributed by atoms with Gasteiger partial charge in [0.25, 0.3) is 0 Å². The molecule has 0 spiro atoms. The summed E-state index contributed by atoms with van der Waals surface area (Å²) in [6.07, 6.45) is 4.26. The van der Waals surface area contributed by atoms with E-state index < -0.39 is 11.6 Å². The lowest BCUT2D eigenvalue weighted by atomic mass is 9.83. The Bertz CT molecular complexity index is 148. The van der Waals surface area contributed by atoms with Crippen molar-refractivity contribution in [2.24, 2.45) is 0 Å². The molecule has 0 aromatic rings. The van der Waals surface area contributed by atoms with Crippen molar-refractivity contribution in [2.45, 2.75) is 58.0 Å². The summed E-state index contributed by atoms with van der Waals surface area (Å²) in [5.41, 5.74) is -0.899. The van der Waals surface area contributed by atoms with Gasteiger partial charge in [0.2, 0.25) is 0 Å². The fraction of sp³-hybridized carbons (Fsp3) is 0.900. The highest BCUT2D eigenvalue weighted by atomic mass is 16.4. The summed E-state index contributed by atoms with van der Waals surface area (Å²) in [6, 6.07) is 0. The predicted molar refractivity (Wildman–Crippen MR) is 51.6 cm³/mol. The molecule has 3 heteroatoms. The van der Waals surface area contributed by atoms with E-state index in [2.05, 4.69) is 0 Å². The zero-order valence-corrected chi connectivity index (χ0v) is 8.55. The van der Waals surface area contributed by atoms with Crippen LogP contribution in [0.5, 0.6) is 0 Å². The van der Waals surface area contributed by atoms with Gasteiger partial charge in [-0.05, 0) is 12.8 Å². The summed E-state index contributed by atoms with van der Waals surface area (Å²) in [7, 11) is 0. The molecule has 0 aliphatic heterocycles. The highest BCUT2D eigenvalue weighted by Gasteiger charge is 2.31. The van der Waals surface area contributed by atoms with E-state index in [0.717, 1.165) is 19.3 Å². The van der Waals surface area contributed by atoms with E-state index in [1.807, 2.05) is 13.8 Å². The van der Waals surface area contributed by atoms with Gasteiger partial charge in [0.15, 0.2) is 0 Å². The average molecular weight is 188 g/mol. The number of rotatable bonds is 2. The van der Waals surface area contributed by atoms with E-state index in [1.54, 1.807) is 0 Å². The first-order chi connectivity index (χ1) is 6.12. The largest absolute Gasteiger partial charge is 0.481 e. The van der Waals surface area contributed by atoms with Crippen LogP contribution in [0.15, 0.2) is 0 Å². The molecule has 0 aromatic heterocycles. The third-order valence-corrected chi connectivity index (χ3v) is 2.26. The smallest absolute Gasteiger partial charge is 0.306 e. The summed E-state index contributed by atoms with van der Waals surface area (Å²) in [5.74, 6) is -0.894. The molecule has 0 saturated heterocycles. The fourth-order valence-electron chi connectivity index (χ4n) is 1.67. The topological polar surface area (TPSA) is 57.5 Å². The molecule has 1 aliphatic carbocycles. The zero-order valence-electron chi connectivity index (χ0n) is 8.55. The Morgan fingerprint density at radius 1 is 1.23 bits per heavy atom. The lowest BCUT2D eigenvalue weighted by molar-refractivity contribution is -0.143. The molecule has 0 radical (unpaired) electrons. The quantitative estimate of drug-likeness (QED) is 0.698. The summed E-state index contributed by atoms with van der Waals surface area (Å²) in [5, 5.41) is 18.1. The van der Waals surface area contributed by atoms with Gasteiger partial charge in [-0.1, -0.05) is 33.1 Å². The second kappa shape index (κ2) is 5.97. The Morgan fingerprint density at radius 3 is 2.08 bits per heavy atom. The maximum atomic E-state index is 10.3. The number of hydrogen-bond donors (Lipinski definition) is 2. The Morgan fingerprint density at radius 2 is 1.69 bits per heavy atom. The van der Waals surface area contributed by atoms with Crippen LogP contribution in [0.3, 0.4) is 0 Å². The van der Waals surface area contributed by atoms with Gasteiger partial charge in [-0.2, -0.15) is 0 Å². The third kappa shape index (κ3) is 4.88. The van der Waals surface area contributed by atoms with E-state index in [4.69, 9.17) is 5.11 Å². The molecular weight excluding hydrogens is 168 g/mol. The number of carbonyl (C=O) groups is 1. The maximum absolute atomic E-state index is 10.3. The third-order valence-electron chi connectivity index (χ3n) is 2.26. The van der Waals surface area contributed by atoms with Crippen LogP contribution < -0.4 is 0 Å². The molecule has 0 atom stereocenters. The van der Waals surface area contributed by atoms with Gasteiger partial charge >= 0.3 is 5.97 Å². The highest BCUT2D eigenvalue weighted by Crippen LogP contribution is 2.30. The van der Waals surface area contributed by atoms with Crippen molar-refractivity contribution in [1.29, 1.82) is 0 Å². The van der Waals surface area contributed by atoms with Crippen LogP contribution in [0.2, 0.25) is 0 Å². The van der Waals surface area contributed by atoms with Gasteiger partial charge in [0, 0.05) is 0 Å². The molecule has 1 aliphatic rings. The Balaban J connectivity index is 0.000000671. The molecule has 0 bridgehead atoms. The molecule has 3 nitrogen and oxygen atoms in total. The van der Waals surface area contributed by atoms with E-state index >= 15 is 0 Å². The summed E-state index contributed by atoms with van der Waals surface area (Å²) >= 11 is 0. The molecular formula is C10H20O3. The lowest BCUT2D eigenvalue weighted by Crippen LogP contribution is -2.33. The van der Waals surface area contributed by atoms with E-state index in [-0.39, 0.29) is 6.42 Å². The predicted octanol–water partition coefficient (Wildman–Crippen LogP) is 2.18. The SMILES string of the molecule is CC.O=C(O)CC1(O)CCCCC1. The molecule has 78 valence electrons. The standard InChI is InChI=1S/C8H14O3.C2H6/c9-7(10)6-8(11)4-2-1-3-5-8;1-2/h11H,1-6H2,(H,9,10);1-2H3. The molecule has 0 heterocycles. The van der Waals surface area contributed by atoms with Gasteiger partial charge in [-0.3, -0.25) is 4.79 Å². The molecule has 0 amide bonds. The van der Waals surface area contributed by atoms with Crippen LogP contribution in [-0.4, -0.2) is 21.8 Å². The van der Waals surface area contributed by atoms with Gasteiger partial charge in [0.1, 0.15) is 0 Å². The molecule has 13 heavy (non-hydrogen) atoms. The van der Waals surface area contributed by atoms with E-state index in [1.165, 1.54) is 0 Å². The maximum Gasteiger partial charge on any atom is 0.306 e. The first-order valence-corrected chi connectivity index (χ1v) is 5.07. The number of aliphatic hydroxyl groups is 1. The van der Waals surface area contributed by atoms with Crippen LogP contribution in [0.25, 0.3) is 0 Å². The number of carboxylic acids is 1. The first-order valence-electron chi connectivity index (χ1n) is 5.07. The number of hydrogen-bond acceptors (Lipinski definition) is 2. The Kier molecular flexibility index (Phi) is 5.71. The zero-order chi connectivity index (χ0) is 10.3. The van der Waals surface area contributed by atoms with Crippen molar-refractivity contribution < 1.29 is 15.0 Å². The molecule has 0 aromatic carbocycles. The highest BCUT2D eigenvalue weighted by molar-refractivity contribution is 5.68. The van der Waals surface area contributed by atoms with Crippen LogP contribution in [0.4, 0.5) is 0 Å². The molecule has 1 saturated carbocycles. The normalized spacial score (nSPS) is 19.9.